The quantitative estimate of drug-likeness (QED) is 0.603. The lowest BCUT2D eigenvalue weighted by molar-refractivity contribution is 0.0488. The molecule has 0 aromatic carbocycles. The highest BCUT2D eigenvalue weighted by atomic mass is 16.3. The van der Waals surface area contributed by atoms with Gasteiger partial charge in [-0.1, -0.05) is 31.9 Å². The van der Waals surface area contributed by atoms with E-state index < -0.39 is 11.7 Å². The third kappa shape index (κ3) is 2.31. The molecule has 0 aliphatic heterocycles. The summed E-state index contributed by atoms with van der Waals surface area (Å²) in [4.78, 5) is 0. The molecule has 0 aromatic rings. The predicted octanol–water partition coefficient (Wildman–Crippen LogP) is 1.23. The Balaban J connectivity index is 2.37. The van der Waals surface area contributed by atoms with Crippen molar-refractivity contribution in [3.63, 3.8) is 0 Å². The summed E-state index contributed by atoms with van der Waals surface area (Å²) in [5, 5.41) is 18.9. The van der Waals surface area contributed by atoms with E-state index in [1.54, 1.807) is 12.2 Å². The van der Waals surface area contributed by atoms with Gasteiger partial charge in [-0.25, -0.2) is 0 Å². The molecule has 0 spiro atoms. The zero-order valence-corrected chi connectivity index (χ0v) is 6.95. The Morgan fingerprint density at radius 2 is 2.36 bits per heavy atom. The molecule has 0 fully saturated rings. The maximum Gasteiger partial charge on any atom is 0.0856 e. The number of aliphatic hydroxyl groups excluding tert-OH is 1. The van der Waals surface area contributed by atoms with Gasteiger partial charge in [-0.3, -0.25) is 0 Å². The first kappa shape index (κ1) is 8.75. The van der Waals surface area contributed by atoms with Crippen molar-refractivity contribution in [3.05, 3.63) is 12.2 Å². The van der Waals surface area contributed by atoms with Crippen LogP contribution in [0.1, 0.15) is 32.6 Å². The Bertz CT molecular complexity index is 154. The predicted molar refractivity (Wildman–Crippen MR) is 44.2 cm³/mol. The molecule has 2 heteroatoms. The van der Waals surface area contributed by atoms with Crippen LogP contribution >= 0.6 is 0 Å². The van der Waals surface area contributed by atoms with Crippen molar-refractivity contribution in [2.24, 2.45) is 0 Å². The molecule has 1 rings (SSSR count). The third-order valence-electron chi connectivity index (χ3n) is 2.15. The first-order valence-electron chi connectivity index (χ1n) is 4.26. The minimum absolute atomic E-state index is 0.433. The molecular formula is C9H16O2. The van der Waals surface area contributed by atoms with Crippen LogP contribution in [0.5, 0.6) is 0 Å². The van der Waals surface area contributed by atoms with Crippen LogP contribution < -0.4 is 0 Å². The summed E-state index contributed by atoms with van der Waals surface area (Å²) in [6, 6.07) is 0. The van der Waals surface area contributed by atoms with E-state index in [0.717, 1.165) is 19.3 Å². The van der Waals surface area contributed by atoms with Crippen LogP contribution in [0, 0.1) is 0 Å². The summed E-state index contributed by atoms with van der Waals surface area (Å²) < 4.78 is 0. The maximum absolute atomic E-state index is 9.75. The molecule has 0 bridgehead atoms. The molecule has 64 valence electrons. The molecule has 0 saturated heterocycles. The van der Waals surface area contributed by atoms with Gasteiger partial charge in [0.05, 0.1) is 11.7 Å². The fourth-order valence-electron chi connectivity index (χ4n) is 1.46. The molecule has 2 unspecified atom stereocenters. The van der Waals surface area contributed by atoms with Gasteiger partial charge in [0, 0.05) is 6.42 Å². The van der Waals surface area contributed by atoms with E-state index in [2.05, 4.69) is 6.92 Å². The molecule has 2 nitrogen and oxygen atoms in total. The van der Waals surface area contributed by atoms with Crippen LogP contribution in [0.2, 0.25) is 0 Å². The molecule has 11 heavy (non-hydrogen) atoms. The van der Waals surface area contributed by atoms with Crippen molar-refractivity contribution < 1.29 is 10.2 Å². The van der Waals surface area contributed by atoms with Gasteiger partial charge in [-0.2, -0.15) is 0 Å². The largest absolute Gasteiger partial charge is 0.389 e. The van der Waals surface area contributed by atoms with E-state index >= 15 is 0 Å². The van der Waals surface area contributed by atoms with Crippen molar-refractivity contribution >= 4 is 0 Å². The van der Waals surface area contributed by atoms with Crippen LogP contribution in [0.4, 0.5) is 0 Å². The Hall–Kier alpha value is -0.340. The summed E-state index contributed by atoms with van der Waals surface area (Å²) in [7, 11) is 0. The van der Waals surface area contributed by atoms with Gasteiger partial charge in [0.25, 0.3) is 0 Å². The van der Waals surface area contributed by atoms with Gasteiger partial charge in [-0.05, 0) is 6.42 Å². The maximum atomic E-state index is 9.75. The monoisotopic (exact) mass is 156 g/mol. The van der Waals surface area contributed by atoms with Crippen molar-refractivity contribution in [2.75, 3.05) is 0 Å². The van der Waals surface area contributed by atoms with E-state index in [-0.39, 0.29) is 0 Å². The number of rotatable bonds is 3. The average Bonchev–Trinajstić information content (AvgIpc) is 2.28. The van der Waals surface area contributed by atoms with E-state index in [1.807, 2.05) is 0 Å². The summed E-state index contributed by atoms with van der Waals surface area (Å²) in [6.07, 6.45) is 6.34. The van der Waals surface area contributed by atoms with Gasteiger partial charge >= 0.3 is 0 Å². The Morgan fingerprint density at radius 1 is 1.64 bits per heavy atom. The second-order valence-electron chi connectivity index (χ2n) is 3.34. The Labute approximate surface area is 67.6 Å². The van der Waals surface area contributed by atoms with Crippen LogP contribution in [-0.4, -0.2) is 21.9 Å². The molecule has 0 aromatic heterocycles. The third-order valence-corrected chi connectivity index (χ3v) is 2.15. The first-order chi connectivity index (χ1) is 5.16. The molecule has 1 aliphatic rings. The van der Waals surface area contributed by atoms with Crippen molar-refractivity contribution in [1.29, 1.82) is 0 Å². The van der Waals surface area contributed by atoms with Crippen molar-refractivity contribution in [3.8, 4) is 0 Å². The smallest absolute Gasteiger partial charge is 0.0856 e. The molecule has 2 N–H and O–H groups in total. The zero-order chi connectivity index (χ0) is 8.32. The number of hydrogen-bond acceptors (Lipinski definition) is 2. The minimum Gasteiger partial charge on any atom is -0.389 e. The second-order valence-corrected chi connectivity index (χ2v) is 3.34. The summed E-state index contributed by atoms with van der Waals surface area (Å²) in [5.41, 5.74) is -0.713. The molecule has 0 saturated carbocycles. The summed E-state index contributed by atoms with van der Waals surface area (Å²) in [5.74, 6) is 0. The molecule has 0 heterocycles. The van der Waals surface area contributed by atoms with Gasteiger partial charge < -0.3 is 10.2 Å². The van der Waals surface area contributed by atoms with Crippen LogP contribution in [-0.2, 0) is 0 Å². The van der Waals surface area contributed by atoms with E-state index in [0.29, 0.717) is 6.42 Å². The average molecular weight is 156 g/mol. The fraction of sp³-hybridized carbons (Fsp3) is 0.778. The molecule has 2 atom stereocenters. The standard InChI is InChI=1S/C9H16O2/c1-2-3-5-9(11)6-4-8(10)7-9/h4,6,8,10-11H,2-3,5,7H2,1H3. The SMILES string of the molecule is CCCCC1(O)C=CC(O)C1. The minimum atomic E-state index is -0.713. The first-order valence-corrected chi connectivity index (χ1v) is 4.26. The highest BCUT2D eigenvalue weighted by Crippen LogP contribution is 2.27. The van der Waals surface area contributed by atoms with E-state index in [4.69, 9.17) is 5.11 Å². The number of aliphatic hydroxyl groups is 2. The summed E-state index contributed by atoms with van der Waals surface area (Å²) in [6.45, 7) is 2.10. The van der Waals surface area contributed by atoms with Gasteiger partial charge in [0.2, 0.25) is 0 Å². The van der Waals surface area contributed by atoms with E-state index in [9.17, 15) is 5.11 Å². The molecular weight excluding hydrogens is 140 g/mol. The fourth-order valence-corrected chi connectivity index (χ4v) is 1.46. The topological polar surface area (TPSA) is 40.5 Å². The zero-order valence-electron chi connectivity index (χ0n) is 6.95. The van der Waals surface area contributed by atoms with Crippen LogP contribution in [0.15, 0.2) is 12.2 Å². The number of hydrogen-bond donors (Lipinski definition) is 2. The Kier molecular flexibility index (Phi) is 2.68. The highest BCUT2D eigenvalue weighted by molar-refractivity contribution is 5.12. The van der Waals surface area contributed by atoms with Gasteiger partial charge in [0.15, 0.2) is 0 Å². The molecule has 1 aliphatic carbocycles. The summed E-state index contributed by atoms with van der Waals surface area (Å²) >= 11 is 0. The Morgan fingerprint density at radius 3 is 2.82 bits per heavy atom. The van der Waals surface area contributed by atoms with Gasteiger partial charge in [0.1, 0.15) is 0 Å². The second kappa shape index (κ2) is 3.37. The van der Waals surface area contributed by atoms with Crippen LogP contribution in [0.3, 0.4) is 0 Å². The molecule has 0 radical (unpaired) electrons. The lowest BCUT2D eigenvalue weighted by Gasteiger charge is -2.20. The van der Waals surface area contributed by atoms with E-state index in [1.165, 1.54) is 0 Å². The lowest BCUT2D eigenvalue weighted by Crippen LogP contribution is -2.25. The van der Waals surface area contributed by atoms with Crippen LogP contribution in [0.25, 0.3) is 0 Å². The normalized spacial score (nSPS) is 36.5. The van der Waals surface area contributed by atoms with Crippen molar-refractivity contribution in [1.82, 2.24) is 0 Å². The van der Waals surface area contributed by atoms with Gasteiger partial charge in [-0.15, -0.1) is 0 Å². The number of unbranched alkanes of at least 4 members (excludes halogenated alkanes) is 1. The highest BCUT2D eigenvalue weighted by Gasteiger charge is 2.30. The molecule has 0 amide bonds. The van der Waals surface area contributed by atoms with Crippen molar-refractivity contribution in [2.45, 2.75) is 44.3 Å². The lowest BCUT2D eigenvalue weighted by atomic mass is 9.96.